The van der Waals surface area contributed by atoms with Gasteiger partial charge in [-0.05, 0) is 37.6 Å². The van der Waals surface area contributed by atoms with Crippen molar-refractivity contribution in [1.82, 2.24) is 5.32 Å². The first kappa shape index (κ1) is 13.8. The van der Waals surface area contributed by atoms with Crippen LogP contribution in [0.2, 0.25) is 5.02 Å². The molecule has 0 saturated carbocycles. The number of piperidine rings is 1. The summed E-state index contributed by atoms with van der Waals surface area (Å²) < 4.78 is 0. The fourth-order valence-electron chi connectivity index (χ4n) is 2.10. The van der Waals surface area contributed by atoms with Crippen LogP contribution in [0.5, 0.6) is 0 Å². The van der Waals surface area contributed by atoms with Crippen molar-refractivity contribution < 1.29 is 14.7 Å². The predicted molar refractivity (Wildman–Crippen MR) is 72.7 cm³/mol. The number of carboxylic acid groups (broad SMARTS) is 1. The van der Waals surface area contributed by atoms with Crippen molar-refractivity contribution in [2.45, 2.75) is 25.3 Å². The van der Waals surface area contributed by atoms with Gasteiger partial charge in [0.05, 0.1) is 17.3 Å². The minimum Gasteiger partial charge on any atom is -0.478 e. The first-order valence-corrected chi connectivity index (χ1v) is 6.53. The number of aromatic carboxylic acids is 1. The molecule has 1 amide bonds. The third-order valence-electron chi connectivity index (χ3n) is 3.10. The Bertz CT molecular complexity index is 499. The van der Waals surface area contributed by atoms with Gasteiger partial charge in [-0.2, -0.15) is 0 Å². The summed E-state index contributed by atoms with van der Waals surface area (Å²) in [6.07, 6.45) is 2.81. The van der Waals surface area contributed by atoms with Gasteiger partial charge in [0.15, 0.2) is 0 Å². The van der Waals surface area contributed by atoms with E-state index in [-0.39, 0.29) is 23.2 Å². The molecule has 1 aromatic rings. The molecule has 0 aromatic heterocycles. The van der Waals surface area contributed by atoms with E-state index in [1.54, 1.807) is 0 Å². The maximum Gasteiger partial charge on any atom is 0.337 e. The smallest absolute Gasteiger partial charge is 0.337 e. The Morgan fingerprint density at radius 3 is 2.79 bits per heavy atom. The summed E-state index contributed by atoms with van der Waals surface area (Å²) in [5.41, 5.74) is 0.269. The van der Waals surface area contributed by atoms with Crippen LogP contribution < -0.4 is 10.6 Å². The van der Waals surface area contributed by atoms with Crippen LogP contribution in [0.3, 0.4) is 0 Å². The summed E-state index contributed by atoms with van der Waals surface area (Å²) in [4.78, 5) is 23.1. The van der Waals surface area contributed by atoms with Crippen LogP contribution in [0.15, 0.2) is 18.2 Å². The molecule has 3 N–H and O–H groups in total. The van der Waals surface area contributed by atoms with E-state index in [0.29, 0.717) is 5.02 Å². The molecule has 0 radical (unpaired) electrons. The number of hydrogen-bond acceptors (Lipinski definition) is 3. The number of rotatable bonds is 3. The normalized spacial score (nSPS) is 18.9. The molecule has 1 fully saturated rings. The van der Waals surface area contributed by atoms with E-state index in [4.69, 9.17) is 16.7 Å². The van der Waals surface area contributed by atoms with Gasteiger partial charge in [-0.25, -0.2) is 4.79 Å². The maximum absolute atomic E-state index is 12.0. The van der Waals surface area contributed by atoms with Crippen LogP contribution in [-0.4, -0.2) is 29.6 Å². The monoisotopic (exact) mass is 282 g/mol. The molecule has 2 rings (SSSR count). The van der Waals surface area contributed by atoms with E-state index in [1.165, 1.54) is 18.2 Å². The second-order valence-corrected chi connectivity index (χ2v) is 4.92. The summed E-state index contributed by atoms with van der Waals surface area (Å²) in [5, 5.41) is 15.2. The second-order valence-electron chi connectivity index (χ2n) is 4.49. The second kappa shape index (κ2) is 6.04. The molecule has 0 spiro atoms. The number of carboxylic acids is 1. The van der Waals surface area contributed by atoms with Crippen molar-refractivity contribution >= 4 is 29.2 Å². The van der Waals surface area contributed by atoms with Gasteiger partial charge in [-0.3, -0.25) is 4.79 Å². The first-order valence-electron chi connectivity index (χ1n) is 6.15. The number of amides is 1. The molecular weight excluding hydrogens is 268 g/mol. The van der Waals surface area contributed by atoms with Gasteiger partial charge in [0.1, 0.15) is 0 Å². The highest BCUT2D eigenvalue weighted by molar-refractivity contribution is 6.31. The molecule has 19 heavy (non-hydrogen) atoms. The molecule has 5 nitrogen and oxygen atoms in total. The molecule has 1 aromatic carbocycles. The lowest BCUT2D eigenvalue weighted by Gasteiger charge is -2.22. The lowest BCUT2D eigenvalue weighted by Crippen LogP contribution is -2.43. The topological polar surface area (TPSA) is 78.4 Å². The van der Waals surface area contributed by atoms with Gasteiger partial charge in [0.25, 0.3) is 0 Å². The van der Waals surface area contributed by atoms with Crippen molar-refractivity contribution in [3.05, 3.63) is 28.8 Å². The number of anilines is 1. The van der Waals surface area contributed by atoms with E-state index in [0.717, 1.165) is 25.8 Å². The van der Waals surface area contributed by atoms with Crippen molar-refractivity contribution in [1.29, 1.82) is 0 Å². The number of carbonyl (C=O) groups is 2. The molecule has 1 atom stereocenters. The maximum atomic E-state index is 12.0. The largest absolute Gasteiger partial charge is 0.478 e. The third-order valence-corrected chi connectivity index (χ3v) is 3.33. The zero-order valence-corrected chi connectivity index (χ0v) is 11.0. The standard InChI is InChI=1S/C13H15ClN2O3/c14-8-4-5-9(13(18)19)11(7-8)16-12(17)10-3-1-2-6-15-10/h4-5,7,10,15H,1-3,6H2,(H,16,17)(H,18,19)/t10-/m1/s1. The molecule has 0 unspecified atom stereocenters. The van der Waals surface area contributed by atoms with Crippen molar-refractivity contribution in [3.8, 4) is 0 Å². The van der Waals surface area contributed by atoms with Crippen LogP contribution in [0, 0.1) is 0 Å². The predicted octanol–water partition coefficient (Wildman–Crippen LogP) is 2.12. The minimum atomic E-state index is -1.09. The molecule has 1 aliphatic heterocycles. The van der Waals surface area contributed by atoms with Crippen molar-refractivity contribution in [3.63, 3.8) is 0 Å². The van der Waals surface area contributed by atoms with Crippen molar-refractivity contribution in [2.24, 2.45) is 0 Å². The summed E-state index contributed by atoms with van der Waals surface area (Å²) in [5.74, 6) is -1.31. The van der Waals surface area contributed by atoms with Gasteiger partial charge in [0.2, 0.25) is 5.91 Å². The molecule has 0 aliphatic carbocycles. The van der Waals surface area contributed by atoms with Gasteiger partial charge in [0, 0.05) is 5.02 Å². The fourth-order valence-corrected chi connectivity index (χ4v) is 2.27. The Kier molecular flexibility index (Phi) is 4.39. The minimum absolute atomic E-state index is 0.0357. The Morgan fingerprint density at radius 1 is 1.37 bits per heavy atom. The molecule has 102 valence electrons. The van der Waals surface area contributed by atoms with Gasteiger partial charge < -0.3 is 15.7 Å². The summed E-state index contributed by atoms with van der Waals surface area (Å²) in [6, 6.07) is 4.05. The molecule has 1 aliphatic rings. The molecule has 6 heteroatoms. The Balaban J connectivity index is 2.15. The molecule has 1 saturated heterocycles. The fraction of sp³-hybridized carbons (Fsp3) is 0.385. The Labute approximate surface area is 116 Å². The number of carbonyl (C=O) groups excluding carboxylic acids is 1. The average Bonchev–Trinajstić information content (AvgIpc) is 2.39. The highest BCUT2D eigenvalue weighted by atomic mass is 35.5. The third kappa shape index (κ3) is 3.45. The summed E-state index contributed by atoms with van der Waals surface area (Å²) in [6.45, 7) is 0.805. The van der Waals surface area contributed by atoms with Crippen LogP contribution >= 0.6 is 11.6 Å². The zero-order valence-electron chi connectivity index (χ0n) is 10.3. The van der Waals surface area contributed by atoms with Crippen LogP contribution in [0.4, 0.5) is 5.69 Å². The average molecular weight is 283 g/mol. The number of benzene rings is 1. The lowest BCUT2D eigenvalue weighted by atomic mass is 10.0. The van der Waals surface area contributed by atoms with E-state index < -0.39 is 5.97 Å². The van der Waals surface area contributed by atoms with E-state index in [2.05, 4.69) is 10.6 Å². The molecular formula is C13H15ClN2O3. The van der Waals surface area contributed by atoms with E-state index in [1.807, 2.05) is 0 Å². The van der Waals surface area contributed by atoms with Gasteiger partial charge in [-0.1, -0.05) is 18.0 Å². The summed E-state index contributed by atoms with van der Waals surface area (Å²) >= 11 is 5.83. The molecule has 0 bridgehead atoms. The van der Waals surface area contributed by atoms with Crippen LogP contribution in [0.1, 0.15) is 29.6 Å². The Morgan fingerprint density at radius 2 is 2.16 bits per heavy atom. The van der Waals surface area contributed by atoms with Gasteiger partial charge >= 0.3 is 5.97 Å². The van der Waals surface area contributed by atoms with Gasteiger partial charge in [-0.15, -0.1) is 0 Å². The number of nitrogens with one attached hydrogen (secondary N) is 2. The SMILES string of the molecule is O=C(O)c1ccc(Cl)cc1NC(=O)[C@H]1CCCCN1. The van der Waals surface area contributed by atoms with E-state index in [9.17, 15) is 9.59 Å². The van der Waals surface area contributed by atoms with Crippen molar-refractivity contribution in [2.75, 3.05) is 11.9 Å². The number of hydrogen-bond donors (Lipinski definition) is 3. The van der Waals surface area contributed by atoms with Crippen LogP contribution in [-0.2, 0) is 4.79 Å². The highest BCUT2D eigenvalue weighted by Crippen LogP contribution is 2.22. The first-order chi connectivity index (χ1) is 9.08. The summed E-state index contributed by atoms with van der Waals surface area (Å²) in [7, 11) is 0. The number of halogens is 1. The lowest BCUT2D eigenvalue weighted by molar-refractivity contribution is -0.118. The zero-order chi connectivity index (χ0) is 13.8. The van der Waals surface area contributed by atoms with E-state index >= 15 is 0 Å². The van der Waals surface area contributed by atoms with Crippen LogP contribution in [0.25, 0.3) is 0 Å². The molecule has 1 heterocycles. The highest BCUT2D eigenvalue weighted by Gasteiger charge is 2.22. The Hall–Kier alpha value is -1.59. The quantitative estimate of drug-likeness (QED) is 0.793.